The summed E-state index contributed by atoms with van der Waals surface area (Å²) in [7, 11) is -3.68. The first-order valence-corrected chi connectivity index (χ1v) is 12.7. The first-order chi connectivity index (χ1) is 14.3. The van der Waals surface area contributed by atoms with Crippen molar-refractivity contribution in [1.29, 1.82) is 0 Å². The maximum absolute atomic E-state index is 13.6. The second-order valence-corrected chi connectivity index (χ2v) is 12.8. The van der Waals surface area contributed by atoms with Crippen molar-refractivity contribution in [2.24, 2.45) is 15.6 Å². The number of rotatable bonds is 5. The number of aliphatic hydroxyl groups excluding tert-OH is 1. The third-order valence-electron chi connectivity index (χ3n) is 5.60. The number of nitrogens with zero attached hydrogens (tertiary/aromatic N) is 2. The molecule has 3 N–H and O–H groups in total. The molecule has 0 radical (unpaired) electrons. The van der Waals surface area contributed by atoms with Crippen molar-refractivity contribution in [3.8, 4) is 0 Å². The second kappa shape index (κ2) is 8.19. The summed E-state index contributed by atoms with van der Waals surface area (Å²) in [6.07, 6.45) is 0.798. The summed E-state index contributed by atoms with van der Waals surface area (Å²) in [5.74, 6) is -0.110. The predicted molar refractivity (Wildman–Crippen MR) is 128 cm³/mol. The molecule has 31 heavy (non-hydrogen) atoms. The van der Waals surface area contributed by atoms with Gasteiger partial charge in [0.1, 0.15) is 0 Å². The molecule has 3 rings (SSSR count). The van der Waals surface area contributed by atoms with Crippen molar-refractivity contribution in [2.45, 2.75) is 60.9 Å². The van der Waals surface area contributed by atoms with Crippen LogP contribution in [0, 0.1) is 10.8 Å². The Kier molecular flexibility index (Phi) is 6.27. The molecule has 172 valence electrons. The first kappa shape index (κ1) is 23.7. The predicted octanol–water partition coefficient (Wildman–Crippen LogP) is 4.16. The third-order valence-corrected chi connectivity index (χ3v) is 7.96. The van der Waals surface area contributed by atoms with E-state index in [-0.39, 0.29) is 40.5 Å². The fourth-order valence-corrected chi connectivity index (χ4v) is 6.14. The molecular weight excluding hydrogens is 413 g/mol. The Morgan fingerprint density at radius 1 is 1.19 bits per heavy atom. The molecule has 0 saturated carbocycles. The Morgan fingerprint density at radius 2 is 1.84 bits per heavy atom. The zero-order valence-electron chi connectivity index (χ0n) is 19.6. The molecule has 1 aromatic rings. The van der Waals surface area contributed by atoms with E-state index in [2.05, 4.69) is 30.9 Å². The normalized spacial score (nSPS) is 22.2. The second-order valence-electron chi connectivity index (χ2n) is 10.5. The molecule has 0 fully saturated rings. The van der Waals surface area contributed by atoms with Gasteiger partial charge < -0.3 is 0 Å². The molecule has 0 saturated heterocycles. The molecule has 0 unspecified atom stereocenters. The Bertz CT molecular complexity index is 929. The van der Waals surface area contributed by atoms with Gasteiger partial charge in [-0.15, -0.1) is 0 Å². The van der Waals surface area contributed by atoms with E-state index < -0.39 is 13.9 Å². The van der Waals surface area contributed by atoms with E-state index in [4.69, 9.17) is 4.52 Å². The molecule has 2 aliphatic rings. The van der Waals surface area contributed by atoms with Crippen LogP contribution in [0.25, 0.3) is 0 Å². The van der Waals surface area contributed by atoms with Crippen LogP contribution in [0.3, 0.4) is 0 Å². The van der Waals surface area contributed by atoms with Crippen LogP contribution in [0.4, 0.5) is 5.69 Å². The van der Waals surface area contributed by atoms with Crippen LogP contribution in [0.1, 0.15) is 54.9 Å². The summed E-state index contributed by atoms with van der Waals surface area (Å²) in [4.78, 5) is 26.6. The summed E-state index contributed by atoms with van der Waals surface area (Å²) in [6, 6.07) is 6.79. The number of amidine groups is 1. The van der Waals surface area contributed by atoms with Crippen molar-refractivity contribution in [3.63, 3.8) is 0 Å². The van der Waals surface area contributed by atoms with Crippen LogP contribution >= 0.6 is 7.87 Å². The maximum atomic E-state index is 13.6. The molecule has 8 heteroatoms. The summed E-state index contributed by atoms with van der Waals surface area (Å²) in [5.41, 5.74) is 0.431. The van der Waals surface area contributed by atoms with Gasteiger partial charge in [-0.25, -0.2) is 0 Å². The van der Waals surface area contributed by atoms with Gasteiger partial charge in [0.15, 0.2) is 0 Å². The number of amides is 1. The van der Waals surface area contributed by atoms with E-state index in [1.54, 1.807) is 17.9 Å². The van der Waals surface area contributed by atoms with Gasteiger partial charge in [0.2, 0.25) is 0 Å². The van der Waals surface area contributed by atoms with Gasteiger partial charge in [0.05, 0.1) is 0 Å². The molecule has 0 bridgehead atoms. The van der Waals surface area contributed by atoms with E-state index >= 15 is 0 Å². The minimum absolute atomic E-state index is 0.00936. The number of hydrogen-bond acceptors (Lipinski definition) is 6. The number of carbonyl (C=O) groups excluding carboxylic acids is 1. The van der Waals surface area contributed by atoms with E-state index in [0.717, 1.165) is 6.42 Å². The minimum atomic E-state index is -3.68. The van der Waals surface area contributed by atoms with Crippen molar-refractivity contribution in [3.05, 3.63) is 35.6 Å². The first-order valence-electron chi connectivity index (χ1n) is 10.9. The topological polar surface area (TPSA) is 94.4 Å². The summed E-state index contributed by atoms with van der Waals surface area (Å²) in [6.45, 7) is 15.0. The quantitative estimate of drug-likeness (QED) is 0.587. The van der Waals surface area contributed by atoms with Gasteiger partial charge in [-0.05, 0) is 0 Å². The summed E-state index contributed by atoms with van der Waals surface area (Å²) >= 11 is 0. The molecule has 1 amide bonds. The van der Waals surface area contributed by atoms with E-state index in [1.807, 2.05) is 39.0 Å². The van der Waals surface area contributed by atoms with Crippen molar-refractivity contribution < 1.29 is 19.3 Å². The molecule has 7 nitrogen and oxygen atoms in total. The molecular formula is C23H36N3O4P. The van der Waals surface area contributed by atoms with E-state index in [9.17, 15) is 14.8 Å². The van der Waals surface area contributed by atoms with Crippen LogP contribution < -0.4 is 10.6 Å². The van der Waals surface area contributed by atoms with Crippen molar-refractivity contribution in [2.75, 3.05) is 18.5 Å². The zero-order valence-corrected chi connectivity index (χ0v) is 20.6. The van der Waals surface area contributed by atoms with Gasteiger partial charge in [0.25, 0.3) is 0 Å². The average molecular weight is 450 g/mol. The molecule has 2 heterocycles. The zero-order chi connectivity index (χ0) is 23.2. The fraction of sp³-hybridized carbons (Fsp3) is 0.565. The van der Waals surface area contributed by atoms with Crippen molar-refractivity contribution in [1.82, 2.24) is 4.90 Å². The fourth-order valence-electron chi connectivity index (χ4n) is 4.11. The number of nitrogens with one attached hydrogen (secondary N) is 1. The van der Waals surface area contributed by atoms with E-state index in [0.29, 0.717) is 17.5 Å². The number of carbonyl (C=O) groups is 1. The monoisotopic (exact) mass is 449 g/mol. The van der Waals surface area contributed by atoms with Crippen LogP contribution in [-0.2, 0) is 9.32 Å². The van der Waals surface area contributed by atoms with Crippen LogP contribution in [0.15, 0.2) is 40.4 Å². The van der Waals surface area contributed by atoms with Gasteiger partial charge in [-0.2, -0.15) is 0 Å². The Balaban J connectivity index is 2.07. The number of anilines is 1. The van der Waals surface area contributed by atoms with E-state index in [1.165, 1.54) is 0 Å². The van der Waals surface area contributed by atoms with Gasteiger partial charge in [0, 0.05) is 0 Å². The Hall–Kier alpha value is -1.95. The third kappa shape index (κ3) is 4.64. The van der Waals surface area contributed by atoms with Crippen LogP contribution in [-0.4, -0.2) is 45.8 Å². The molecule has 2 aliphatic heterocycles. The van der Waals surface area contributed by atoms with Crippen LogP contribution in [0.2, 0.25) is 0 Å². The number of benzene rings is 1. The molecule has 0 aliphatic carbocycles. The SMILES string of the molecule is CCO[PH]1(O)N=C(C2=C(O)[C@H](C(C)(C)C)N(CCC(C)(C)C)C2=O)Nc2ccccc21. The van der Waals surface area contributed by atoms with Gasteiger partial charge in [-0.3, -0.25) is 0 Å². The Morgan fingerprint density at radius 3 is 2.42 bits per heavy atom. The summed E-state index contributed by atoms with van der Waals surface area (Å²) < 4.78 is 10.2. The van der Waals surface area contributed by atoms with Crippen LogP contribution in [0.5, 0.6) is 0 Å². The van der Waals surface area contributed by atoms with Gasteiger partial charge in [-0.1, -0.05) is 0 Å². The molecule has 0 spiro atoms. The summed E-state index contributed by atoms with van der Waals surface area (Å²) in [5, 5.41) is 15.0. The number of fused-ring (bicyclic) bond motifs is 1. The standard InChI is InChI=1S/C23H36N3O4P/c1-8-30-31(29)16-12-10-9-11-15(16)24-20(25-31)17-18(27)19(23(5,6)7)26(21(17)28)14-13-22(2,3)4/h9-12,19,27,29,31H,8,13-14H2,1-7H3,(H,24,25)/t19-/m1/s1. The number of aliphatic hydroxyl groups is 1. The van der Waals surface area contributed by atoms with Gasteiger partial charge >= 0.3 is 185 Å². The van der Waals surface area contributed by atoms with Crippen molar-refractivity contribution >= 4 is 30.6 Å². The molecule has 1 atom stereocenters. The molecule has 1 aromatic carbocycles. The Labute approximate surface area is 185 Å². The number of para-hydroxylation sites is 1. The average Bonchev–Trinajstić information content (AvgIpc) is 2.89. The number of hydrogen-bond donors (Lipinski definition) is 3. The molecule has 0 aromatic heterocycles.